The Bertz CT molecular complexity index is 858. The van der Waals surface area contributed by atoms with Crippen molar-refractivity contribution in [1.29, 1.82) is 0 Å². The smallest absolute Gasteiger partial charge is 0.414 e. The Kier molecular flexibility index (Phi) is 4.62. The van der Waals surface area contributed by atoms with Crippen LogP contribution in [0.5, 0.6) is 0 Å². The first-order chi connectivity index (χ1) is 14.4. The molecule has 4 saturated heterocycles. The lowest BCUT2D eigenvalue weighted by Gasteiger charge is -2.63. The number of amides is 2. The van der Waals surface area contributed by atoms with Gasteiger partial charge in [-0.2, -0.15) is 0 Å². The lowest BCUT2D eigenvalue weighted by molar-refractivity contribution is -0.320. The van der Waals surface area contributed by atoms with Crippen molar-refractivity contribution in [1.82, 2.24) is 5.32 Å². The largest absolute Gasteiger partial charge is 0.442 e. The van der Waals surface area contributed by atoms with Crippen LogP contribution in [0.25, 0.3) is 0 Å². The van der Waals surface area contributed by atoms with Crippen molar-refractivity contribution in [3.8, 4) is 0 Å². The van der Waals surface area contributed by atoms with Crippen molar-refractivity contribution in [3.63, 3.8) is 0 Å². The molecule has 30 heavy (non-hydrogen) atoms. The van der Waals surface area contributed by atoms with Crippen molar-refractivity contribution >= 4 is 23.4 Å². The molecule has 0 aromatic heterocycles. The van der Waals surface area contributed by atoms with Crippen LogP contribution in [-0.4, -0.2) is 63.3 Å². The van der Waals surface area contributed by atoms with E-state index in [1.807, 2.05) is 4.90 Å². The molecule has 6 rings (SSSR count). The van der Waals surface area contributed by atoms with Gasteiger partial charge < -0.3 is 24.4 Å². The summed E-state index contributed by atoms with van der Waals surface area (Å²) in [6, 6.07) is 4.83. The number of ether oxygens (including phenoxy) is 3. The summed E-state index contributed by atoms with van der Waals surface area (Å²) in [5, 5.41) is 2.63. The van der Waals surface area contributed by atoms with Crippen molar-refractivity contribution in [2.45, 2.75) is 25.7 Å². The number of hydrogen-bond acceptors (Lipinski definition) is 6. The third kappa shape index (κ3) is 2.94. The van der Waals surface area contributed by atoms with Crippen LogP contribution in [0.2, 0.25) is 0 Å². The van der Waals surface area contributed by atoms with Gasteiger partial charge in [0.05, 0.1) is 37.7 Å². The fraction of sp³-hybridized carbons (Fsp3) is 0.619. The van der Waals surface area contributed by atoms with E-state index in [9.17, 15) is 9.59 Å². The molecule has 5 fully saturated rings. The van der Waals surface area contributed by atoms with E-state index in [0.29, 0.717) is 43.6 Å². The number of halogens is 1. The van der Waals surface area contributed by atoms with Gasteiger partial charge in [0, 0.05) is 31.8 Å². The van der Waals surface area contributed by atoms with E-state index in [4.69, 9.17) is 14.2 Å². The molecule has 1 aromatic carbocycles. The monoisotopic (exact) mass is 419 g/mol. The Morgan fingerprint density at radius 1 is 1.23 bits per heavy atom. The number of rotatable bonds is 4. The van der Waals surface area contributed by atoms with Crippen molar-refractivity contribution in [2.24, 2.45) is 17.8 Å². The number of carbonyl (C=O) groups excluding carboxylic acids is 2. The molecule has 1 aliphatic carbocycles. The zero-order valence-corrected chi connectivity index (χ0v) is 17.1. The molecule has 3 atom stereocenters. The van der Waals surface area contributed by atoms with E-state index >= 15 is 4.39 Å². The molecule has 2 bridgehead atoms. The number of piperidine rings is 2. The van der Waals surface area contributed by atoms with Crippen LogP contribution in [0.15, 0.2) is 18.2 Å². The average molecular weight is 419 g/mol. The molecule has 5 aliphatic rings. The SMILES string of the molecule is CC(=O)NC[C@H]1CN(c2ccc(N3CC4C(C)C(C3)C43OCCO3)c(F)c2)C(=O)O1. The van der Waals surface area contributed by atoms with E-state index in [-0.39, 0.29) is 36.6 Å². The molecule has 8 nitrogen and oxygen atoms in total. The normalized spacial score (nSPS) is 31.6. The maximum atomic E-state index is 15.0. The molecular weight excluding hydrogens is 393 g/mol. The highest BCUT2D eigenvalue weighted by Crippen LogP contribution is 2.58. The fourth-order valence-corrected chi connectivity index (χ4v) is 5.39. The molecule has 1 saturated carbocycles. The Balaban J connectivity index is 1.28. The molecule has 1 spiro atoms. The quantitative estimate of drug-likeness (QED) is 0.801. The molecule has 1 N–H and O–H groups in total. The average Bonchev–Trinajstić information content (AvgIpc) is 3.36. The Morgan fingerprint density at radius 2 is 1.93 bits per heavy atom. The highest BCUT2D eigenvalue weighted by atomic mass is 19.1. The minimum atomic E-state index is -0.539. The number of nitrogens with zero attached hydrogens (tertiary/aromatic N) is 2. The van der Waals surface area contributed by atoms with Gasteiger partial charge in [0.1, 0.15) is 11.9 Å². The summed E-state index contributed by atoms with van der Waals surface area (Å²) in [4.78, 5) is 26.7. The van der Waals surface area contributed by atoms with Crippen LogP contribution in [0.4, 0.5) is 20.6 Å². The second-order valence-corrected chi connectivity index (χ2v) is 8.58. The number of cyclic esters (lactones) is 1. The number of nitrogens with one attached hydrogen (secondary N) is 1. The second kappa shape index (κ2) is 7.09. The molecule has 162 valence electrons. The zero-order valence-electron chi connectivity index (χ0n) is 17.1. The minimum Gasteiger partial charge on any atom is -0.442 e. The third-order valence-electron chi connectivity index (χ3n) is 6.91. The summed E-state index contributed by atoms with van der Waals surface area (Å²) in [6.45, 7) is 6.71. The van der Waals surface area contributed by atoms with Gasteiger partial charge in [-0.15, -0.1) is 0 Å². The first-order valence-corrected chi connectivity index (χ1v) is 10.4. The highest BCUT2D eigenvalue weighted by molar-refractivity contribution is 5.90. The van der Waals surface area contributed by atoms with Crippen LogP contribution in [-0.2, 0) is 19.0 Å². The van der Waals surface area contributed by atoms with Gasteiger partial charge >= 0.3 is 6.09 Å². The molecule has 4 heterocycles. The predicted molar refractivity (Wildman–Crippen MR) is 106 cm³/mol. The van der Waals surface area contributed by atoms with Gasteiger partial charge in [0.2, 0.25) is 5.91 Å². The number of carbonyl (C=O) groups is 2. The lowest BCUT2D eigenvalue weighted by Crippen LogP contribution is -2.72. The van der Waals surface area contributed by atoms with E-state index in [0.717, 1.165) is 0 Å². The van der Waals surface area contributed by atoms with Crippen LogP contribution >= 0.6 is 0 Å². The summed E-state index contributed by atoms with van der Waals surface area (Å²) in [5.74, 6) is -0.108. The third-order valence-corrected chi connectivity index (χ3v) is 6.91. The first-order valence-electron chi connectivity index (χ1n) is 10.4. The zero-order chi connectivity index (χ0) is 21.0. The van der Waals surface area contributed by atoms with E-state index in [2.05, 4.69) is 12.2 Å². The standard InChI is InChI=1S/C21H26FN3O5/c1-12-16-10-24(11-17(12)21(16)28-5-6-29-21)19-4-3-14(7-18(19)22)25-9-15(30-20(25)27)8-23-13(2)26/h3-4,7,12,15-17H,5-6,8-11H2,1-2H3,(H,23,26)/t12?,15-,16?,17?/m0/s1. The van der Waals surface area contributed by atoms with Gasteiger partial charge in [-0.1, -0.05) is 6.92 Å². The fourth-order valence-electron chi connectivity index (χ4n) is 5.39. The van der Waals surface area contributed by atoms with Gasteiger partial charge in [-0.25, -0.2) is 9.18 Å². The summed E-state index contributed by atoms with van der Waals surface area (Å²) >= 11 is 0. The van der Waals surface area contributed by atoms with Gasteiger partial charge in [-0.05, 0) is 24.1 Å². The second-order valence-electron chi connectivity index (χ2n) is 8.58. The van der Waals surface area contributed by atoms with E-state index in [1.165, 1.54) is 17.9 Å². The highest BCUT2D eigenvalue weighted by Gasteiger charge is 2.67. The van der Waals surface area contributed by atoms with E-state index < -0.39 is 18.0 Å². The molecule has 2 unspecified atom stereocenters. The number of fused-ring (bicyclic) bond motifs is 2. The molecule has 4 aliphatic heterocycles. The topological polar surface area (TPSA) is 80.3 Å². The van der Waals surface area contributed by atoms with Gasteiger partial charge in [-0.3, -0.25) is 9.69 Å². The summed E-state index contributed by atoms with van der Waals surface area (Å²) in [7, 11) is 0. The van der Waals surface area contributed by atoms with Crippen molar-refractivity contribution < 1.29 is 28.2 Å². The number of hydrogen-bond donors (Lipinski definition) is 1. The van der Waals surface area contributed by atoms with Crippen LogP contribution in [0.1, 0.15) is 13.8 Å². The number of benzene rings is 1. The Labute approximate surface area is 174 Å². The summed E-state index contributed by atoms with van der Waals surface area (Å²) in [6.07, 6.45) is -0.995. The van der Waals surface area contributed by atoms with Crippen LogP contribution in [0, 0.1) is 23.6 Å². The van der Waals surface area contributed by atoms with Gasteiger partial charge in [0.25, 0.3) is 0 Å². The van der Waals surface area contributed by atoms with Crippen LogP contribution < -0.4 is 15.1 Å². The Morgan fingerprint density at radius 3 is 2.57 bits per heavy atom. The lowest BCUT2D eigenvalue weighted by atomic mass is 9.57. The summed E-state index contributed by atoms with van der Waals surface area (Å²) in [5.41, 5.74) is 0.969. The molecule has 1 aromatic rings. The van der Waals surface area contributed by atoms with E-state index in [1.54, 1.807) is 12.1 Å². The Hall–Kier alpha value is -2.39. The minimum absolute atomic E-state index is 0.191. The molecule has 0 radical (unpaired) electrons. The van der Waals surface area contributed by atoms with Crippen molar-refractivity contribution in [2.75, 3.05) is 49.2 Å². The molecule has 2 amide bonds. The van der Waals surface area contributed by atoms with Gasteiger partial charge in [0.15, 0.2) is 5.79 Å². The summed E-state index contributed by atoms with van der Waals surface area (Å²) < 4.78 is 32.2. The first kappa shape index (κ1) is 19.6. The predicted octanol–water partition coefficient (Wildman–Crippen LogP) is 1.73. The number of anilines is 2. The molecular formula is C21H26FN3O5. The van der Waals surface area contributed by atoms with Crippen LogP contribution in [0.3, 0.4) is 0 Å². The molecule has 9 heteroatoms. The van der Waals surface area contributed by atoms with Crippen molar-refractivity contribution in [3.05, 3.63) is 24.0 Å². The maximum absolute atomic E-state index is 15.0. The maximum Gasteiger partial charge on any atom is 0.414 e.